The Morgan fingerprint density at radius 2 is 2.17 bits per heavy atom. The van der Waals surface area contributed by atoms with E-state index in [9.17, 15) is 19.6 Å². The molecule has 29 heavy (non-hydrogen) atoms. The molecule has 1 unspecified atom stereocenters. The second kappa shape index (κ2) is 7.12. The Balaban J connectivity index is 1.69. The van der Waals surface area contributed by atoms with E-state index in [4.69, 9.17) is 0 Å². The number of nitrogens with one attached hydrogen (secondary N) is 1. The van der Waals surface area contributed by atoms with E-state index in [1.54, 1.807) is 26.1 Å². The molecule has 1 aromatic carbocycles. The molecule has 1 amide bonds. The molecular weight excluding hydrogens is 371 g/mol. The van der Waals surface area contributed by atoms with Gasteiger partial charge in [0.05, 0.1) is 16.7 Å². The molecule has 0 bridgehead atoms. The Morgan fingerprint density at radius 3 is 2.79 bits per heavy atom. The highest BCUT2D eigenvalue weighted by Gasteiger charge is 2.33. The minimum atomic E-state index is -0.801. The van der Waals surface area contributed by atoms with Crippen LogP contribution in [-0.4, -0.2) is 40.7 Å². The quantitative estimate of drug-likeness (QED) is 0.832. The first kappa shape index (κ1) is 19.3. The number of halogens is 1. The van der Waals surface area contributed by atoms with Crippen molar-refractivity contribution in [1.82, 2.24) is 10.3 Å². The van der Waals surface area contributed by atoms with E-state index in [0.717, 1.165) is 12.8 Å². The standard InChI is InChI=1S/C22H23FN4O2/c1-13-7-19(23)18(21(28)26-16-3-4-16)9-17(13)15-8-14(10-24)20(25-11-15)27-6-5-22(2,29)12-27/h7-9,11,16,29H,3-6,12H2,1-2H3,(H,26,28). The van der Waals surface area contributed by atoms with Crippen molar-refractivity contribution in [2.45, 2.75) is 44.8 Å². The number of hydrogen-bond donors (Lipinski definition) is 2. The Labute approximate surface area is 169 Å². The third kappa shape index (κ3) is 3.94. The lowest BCUT2D eigenvalue weighted by atomic mass is 9.97. The second-order valence-corrected chi connectivity index (χ2v) is 8.27. The Bertz CT molecular complexity index is 1020. The smallest absolute Gasteiger partial charge is 0.254 e. The fraction of sp³-hybridized carbons (Fsp3) is 0.409. The summed E-state index contributed by atoms with van der Waals surface area (Å²) < 4.78 is 14.4. The van der Waals surface area contributed by atoms with Gasteiger partial charge in [-0.25, -0.2) is 9.37 Å². The molecule has 2 aliphatic rings. The summed E-state index contributed by atoms with van der Waals surface area (Å²) in [6.07, 6.45) is 4.09. The molecule has 2 fully saturated rings. The second-order valence-electron chi connectivity index (χ2n) is 8.27. The predicted molar refractivity (Wildman–Crippen MR) is 107 cm³/mol. The molecule has 150 valence electrons. The van der Waals surface area contributed by atoms with Crippen molar-refractivity contribution in [3.63, 3.8) is 0 Å². The first-order valence-corrected chi connectivity index (χ1v) is 9.76. The van der Waals surface area contributed by atoms with Gasteiger partial charge < -0.3 is 15.3 Å². The molecule has 1 aliphatic carbocycles. The van der Waals surface area contributed by atoms with Crippen LogP contribution in [-0.2, 0) is 0 Å². The van der Waals surface area contributed by atoms with Gasteiger partial charge in [0.2, 0.25) is 0 Å². The lowest BCUT2D eigenvalue weighted by Gasteiger charge is -2.21. The molecular formula is C22H23FN4O2. The van der Waals surface area contributed by atoms with Crippen LogP contribution in [0.1, 0.15) is 47.7 Å². The van der Waals surface area contributed by atoms with Crippen LogP contribution in [0.15, 0.2) is 24.4 Å². The zero-order valence-corrected chi connectivity index (χ0v) is 16.5. The van der Waals surface area contributed by atoms with Gasteiger partial charge >= 0.3 is 0 Å². The summed E-state index contributed by atoms with van der Waals surface area (Å²) in [6, 6.07) is 6.89. The predicted octanol–water partition coefficient (Wildman–Crippen LogP) is 2.92. The zero-order valence-electron chi connectivity index (χ0n) is 16.5. The van der Waals surface area contributed by atoms with Gasteiger partial charge in [0.15, 0.2) is 0 Å². The minimum absolute atomic E-state index is 0.00401. The first-order chi connectivity index (χ1) is 13.8. The maximum Gasteiger partial charge on any atom is 0.254 e. The highest BCUT2D eigenvalue weighted by Crippen LogP contribution is 2.32. The van der Waals surface area contributed by atoms with Crippen LogP contribution in [0.2, 0.25) is 0 Å². The van der Waals surface area contributed by atoms with E-state index in [0.29, 0.717) is 47.6 Å². The number of amides is 1. The normalized spacial score (nSPS) is 21.1. The molecule has 0 radical (unpaired) electrons. The van der Waals surface area contributed by atoms with E-state index in [2.05, 4.69) is 16.4 Å². The number of hydrogen-bond acceptors (Lipinski definition) is 5. The average Bonchev–Trinajstić information content (AvgIpc) is 3.41. The molecule has 7 heteroatoms. The number of aryl methyl sites for hydroxylation is 1. The molecule has 4 rings (SSSR count). The fourth-order valence-corrected chi connectivity index (χ4v) is 3.71. The van der Waals surface area contributed by atoms with E-state index in [1.165, 1.54) is 12.1 Å². The number of nitrogens with zero attached hydrogens (tertiary/aromatic N) is 3. The number of nitriles is 1. The Kier molecular flexibility index (Phi) is 4.75. The van der Waals surface area contributed by atoms with E-state index in [-0.39, 0.29) is 11.6 Å². The third-order valence-corrected chi connectivity index (χ3v) is 5.52. The summed E-state index contributed by atoms with van der Waals surface area (Å²) in [5.74, 6) is -0.454. The van der Waals surface area contributed by atoms with Gasteiger partial charge in [-0.1, -0.05) is 0 Å². The number of benzene rings is 1. The van der Waals surface area contributed by atoms with Crippen molar-refractivity contribution in [2.24, 2.45) is 0 Å². The highest BCUT2D eigenvalue weighted by molar-refractivity contribution is 5.96. The van der Waals surface area contributed by atoms with Gasteiger partial charge in [-0.2, -0.15) is 5.26 Å². The van der Waals surface area contributed by atoms with Gasteiger partial charge in [0, 0.05) is 30.9 Å². The summed E-state index contributed by atoms with van der Waals surface area (Å²) in [4.78, 5) is 18.7. The summed E-state index contributed by atoms with van der Waals surface area (Å²) in [7, 11) is 0. The summed E-state index contributed by atoms with van der Waals surface area (Å²) in [5, 5.41) is 22.7. The number of carbonyl (C=O) groups is 1. The number of carbonyl (C=O) groups excluding carboxylic acids is 1. The highest BCUT2D eigenvalue weighted by atomic mass is 19.1. The van der Waals surface area contributed by atoms with Crippen molar-refractivity contribution in [3.05, 3.63) is 46.9 Å². The summed E-state index contributed by atoms with van der Waals surface area (Å²) in [6.45, 7) is 4.56. The summed E-state index contributed by atoms with van der Waals surface area (Å²) in [5.41, 5.74) is 1.55. The number of anilines is 1. The van der Waals surface area contributed by atoms with Crippen LogP contribution < -0.4 is 10.2 Å². The molecule has 2 aromatic rings. The molecule has 1 atom stereocenters. The van der Waals surface area contributed by atoms with Crippen LogP contribution in [0, 0.1) is 24.1 Å². The maximum absolute atomic E-state index is 14.4. The lowest BCUT2D eigenvalue weighted by molar-refractivity contribution is 0.0838. The SMILES string of the molecule is Cc1cc(F)c(C(=O)NC2CC2)cc1-c1cnc(N2CCC(C)(O)C2)c(C#N)c1. The van der Waals surface area contributed by atoms with Crippen LogP contribution in [0.25, 0.3) is 11.1 Å². The van der Waals surface area contributed by atoms with Crippen LogP contribution in [0.5, 0.6) is 0 Å². The van der Waals surface area contributed by atoms with Gasteiger partial charge in [-0.05, 0) is 62.4 Å². The fourth-order valence-electron chi connectivity index (χ4n) is 3.71. The topological polar surface area (TPSA) is 89.2 Å². The van der Waals surface area contributed by atoms with Crippen molar-refractivity contribution in [1.29, 1.82) is 5.26 Å². The van der Waals surface area contributed by atoms with E-state index in [1.807, 2.05) is 4.90 Å². The van der Waals surface area contributed by atoms with Gasteiger partial charge in [0.25, 0.3) is 5.91 Å². The van der Waals surface area contributed by atoms with Crippen molar-refractivity contribution >= 4 is 11.7 Å². The maximum atomic E-state index is 14.4. The zero-order chi connectivity index (χ0) is 20.8. The van der Waals surface area contributed by atoms with Crippen LogP contribution >= 0.6 is 0 Å². The number of aliphatic hydroxyl groups is 1. The lowest BCUT2D eigenvalue weighted by Crippen LogP contribution is -2.30. The molecule has 2 heterocycles. The molecule has 6 nitrogen and oxygen atoms in total. The molecule has 1 saturated carbocycles. The van der Waals surface area contributed by atoms with Gasteiger partial charge in [0.1, 0.15) is 17.7 Å². The molecule has 1 aromatic heterocycles. The van der Waals surface area contributed by atoms with Gasteiger partial charge in [-0.3, -0.25) is 4.79 Å². The molecule has 1 aliphatic heterocycles. The molecule has 2 N–H and O–H groups in total. The molecule has 1 saturated heterocycles. The average molecular weight is 394 g/mol. The van der Waals surface area contributed by atoms with Gasteiger partial charge in [-0.15, -0.1) is 0 Å². The largest absolute Gasteiger partial charge is 0.388 e. The number of rotatable bonds is 4. The van der Waals surface area contributed by atoms with Crippen molar-refractivity contribution in [2.75, 3.05) is 18.0 Å². The minimum Gasteiger partial charge on any atom is -0.388 e. The third-order valence-electron chi connectivity index (χ3n) is 5.52. The number of β-amino-alcohol motifs (C(OH)–C–C–N with tert-alkyl or cyclic N) is 1. The van der Waals surface area contributed by atoms with E-state index >= 15 is 0 Å². The molecule has 0 spiro atoms. The van der Waals surface area contributed by atoms with E-state index < -0.39 is 17.3 Å². The number of aromatic nitrogens is 1. The Hall–Kier alpha value is -2.98. The first-order valence-electron chi connectivity index (χ1n) is 9.76. The van der Waals surface area contributed by atoms with Crippen LogP contribution in [0.3, 0.4) is 0 Å². The monoisotopic (exact) mass is 394 g/mol. The van der Waals surface area contributed by atoms with Crippen molar-refractivity contribution < 1.29 is 14.3 Å². The summed E-state index contributed by atoms with van der Waals surface area (Å²) >= 11 is 0. The number of pyridine rings is 1. The van der Waals surface area contributed by atoms with Crippen molar-refractivity contribution in [3.8, 4) is 17.2 Å². The Morgan fingerprint density at radius 1 is 1.41 bits per heavy atom. The van der Waals surface area contributed by atoms with Crippen LogP contribution in [0.4, 0.5) is 10.2 Å².